The highest BCUT2D eigenvalue weighted by Gasteiger charge is 2.21. The summed E-state index contributed by atoms with van der Waals surface area (Å²) in [4.78, 5) is 20.1. The van der Waals surface area contributed by atoms with Crippen molar-refractivity contribution < 1.29 is 32.2 Å². The summed E-state index contributed by atoms with van der Waals surface area (Å²) < 4.78 is 59.8. The number of carbonyl (C=O) groups excluding carboxylic acids is 1. The molecule has 0 aliphatic heterocycles. The Bertz CT molecular complexity index is 1410. The van der Waals surface area contributed by atoms with Crippen molar-refractivity contribution in [3.63, 3.8) is 0 Å². The molecule has 0 bridgehead atoms. The molecule has 2 heterocycles. The molecule has 4 rings (SSSR count). The maximum absolute atomic E-state index is 14.8. The summed E-state index contributed by atoms with van der Waals surface area (Å²) in [5, 5.41) is 2.72. The highest BCUT2D eigenvalue weighted by atomic mass is 19.1. The van der Waals surface area contributed by atoms with E-state index in [4.69, 9.17) is 19.9 Å². The van der Waals surface area contributed by atoms with E-state index >= 15 is 0 Å². The van der Waals surface area contributed by atoms with Crippen LogP contribution in [0.3, 0.4) is 0 Å². The van der Waals surface area contributed by atoms with Crippen LogP contribution in [-0.2, 0) is 0 Å². The lowest BCUT2D eigenvalue weighted by molar-refractivity contribution is 0.101. The number of carbonyl (C=O) groups is 1. The van der Waals surface area contributed by atoms with E-state index in [2.05, 4.69) is 15.3 Å². The van der Waals surface area contributed by atoms with E-state index in [9.17, 15) is 18.0 Å². The molecule has 4 aromatic rings. The summed E-state index contributed by atoms with van der Waals surface area (Å²) >= 11 is 0. The van der Waals surface area contributed by atoms with E-state index in [-0.39, 0.29) is 23.2 Å². The second-order valence-electron chi connectivity index (χ2n) is 7.78. The third-order valence-electron chi connectivity index (χ3n) is 4.97. The van der Waals surface area contributed by atoms with Crippen molar-refractivity contribution in [2.75, 3.05) is 19.0 Å². The highest BCUT2D eigenvalue weighted by Crippen LogP contribution is 2.35. The highest BCUT2D eigenvalue weighted by molar-refractivity contribution is 6.06. The number of rotatable bonds is 8. The Labute approximate surface area is 203 Å². The number of methoxy groups -OCH3 is 1. The molecular weight excluding hydrogens is 477 g/mol. The average Bonchev–Trinajstić information content (AvgIpc) is 2.84. The number of nitrogens with one attached hydrogen (secondary N) is 1. The Morgan fingerprint density at radius 2 is 1.72 bits per heavy atom. The molecule has 0 saturated heterocycles. The van der Waals surface area contributed by atoms with E-state index in [1.807, 2.05) is 0 Å². The molecule has 3 N–H and O–H groups in total. The van der Waals surface area contributed by atoms with Gasteiger partial charge in [-0.3, -0.25) is 9.78 Å². The minimum absolute atomic E-state index is 0.0865. The van der Waals surface area contributed by atoms with E-state index in [1.165, 1.54) is 25.4 Å². The normalized spacial score (nSPS) is 11.7. The van der Waals surface area contributed by atoms with Crippen molar-refractivity contribution >= 4 is 22.5 Å². The fourth-order valence-electron chi connectivity index (χ4n) is 3.34. The van der Waals surface area contributed by atoms with Crippen molar-refractivity contribution in [3.8, 4) is 23.0 Å². The van der Waals surface area contributed by atoms with Crippen LogP contribution in [0.5, 0.6) is 23.0 Å². The Morgan fingerprint density at radius 3 is 2.42 bits per heavy atom. The Hall–Kier alpha value is -4.38. The second kappa shape index (κ2) is 10.5. The van der Waals surface area contributed by atoms with E-state index in [0.717, 1.165) is 18.3 Å². The third-order valence-corrected chi connectivity index (χ3v) is 4.97. The van der Waals surface area contributed by atoms with Gasteiger partial charge >= 0.3 is 0 Å². The number of ether oxygens (including phenoxy) is 3. The van der Waals surface area contributed by atoms with Gasteiger partial charge in [-0.1, -0.05) is 0 Å². The molecule has 1 atom stereocenters. The summed E-state index contributed by atoms with van der Waals surface area (Å²) in [5.74, 6) is -4.37. The van der Waals surface area contributed by atoms with Crippen LogP contribution in [-0.4, -0.2) is 35.6 Å². The topological polar surface area (TPSA) is 109 Å². The summed E-state index contributed by atoms with van der Waals surface area (Å²) in [7, 11) is 1.24. The zero-order valence-corrected chi connectivity index (χ0v) is 19.2. The number of fused-ring (bicyclic) bond motifs is 1. The van der Waals surface area contributed by atoms with E-state index < -0.39 is 34.8 Å². The lowest BCUT2D eigenvalue weighted by Gasteiger charge is -2.14. The predicted molar refractivity (Wildman–Crippen MR) is 126 cm³/mol. The summed E-state index contributed by atoms with van der Waals surface area (Å²) in [5.41, 5.74) is 5.41. The number of halogens is 3. The fourth-order valence-corrected chi connectivity index (χ4v) is 3.34. The molecule has 0 aliphatic rings. The first kappa shape index (κ1) is 24.7. The number of anilines is 1. The van der Waals surface area contributed by atoms with Crippen molar-refractivity contribution in [3.05, 3.63) is 78.0 Å². The largest absolute Gasteiger partial charge is 0.496 e. The number of hydrogen-bond acceptors (Lipinski definition) is 7. The van der Waals surface area contributed by atoms with Gasteiger partial charge in [-0.25, -0.2) is 13.8 Å². The second-order valence-corrected chi connectivity index (χ2v) is 7.78. The molecule has 0 aliphatic carbocycles. The third kappa shape index (κ3) is 5.31. The Kier molecular flexibility index (Phi) is 7.20. The number of hydrogen-bond donors (Lipinski definition) is 2. The first-order valence-electron chi connectivity index (χ1n) is 10.7. The first-order chi connectivity index (χ1) is 17.3. The Morgan fingerprint density at radius 1 is 1.03 bits per heavy atom. The van der Waals surface area contributed by atoms with Crippen molar-refractivity contribution in [2.45, 2.75) is 13.0 Å². The van der Waals surface area contributed by atoms with Crippen molar-refractivity contribution in [2.24, 2.45) is 5.73 Å². The van der Waals surface area contributed by atoms with Gasteiger partial charge in [-0.2, -0.15) is 4.39 Å². The maximum Gasteiger partial charge on any atom is 0.264 e. The molecule has 0 fully saturated rings. The van der Waals surface area contributed by atoms with Crippen LogP contribution in [0.25, 0.3) is 10.9 Å². The van der Waals surface area contributed by atoms with Crippen LogP contribution in [0.2, 0.25) is 0 Å². The molecule has 0 radical (unpaired) electrons. The molecule has 0 unspecified atom stereocenters. The average molecular weight is 498 g/mol. The van der Waals surface area contributed by atoms with Crippen LogP contribution in [0.4, 0.5) is 18.9 Å². The summed E-state index contributed by atoms with van der Waals surface area (Å²) in [6.07, 6.45) is 2.54. The van der Waals surface area contributed by atoms with Crippen molar-refractivity contribution in [1.82, 2.24) is 9.97 Å². The minimum Gasteiger partial charge on any atom is -0.496 e. The number of benzene rings is 2. The van der Waals surface area contributed by atoms with Crippen LogP contribution in [0.15, 0.2) is 54.9 Å². The number of nitrogens with zero attached hydrogens (tertiary/aromatic N) is 2. The zero-order chi connectivity index (χ0) is 25.8. The van der Waals surface area contributed by atoms with Gasteiger partial charge in [0.2, 0.25) is 5.95 Å². The van der Waals surface area contributed by atoms with Gasteiger partial charge in [0.05, 0.1) is 12.6 Å². The molecule has 8 nitrogen and oxygen atoms in total. The van der Waals surface area contributed by atoms with Gasteiger partial charge in [0.15, 0.2) is 17.4 Å². The lowest BCUT2D eigenvalue weighted by Crippen LogP contribution is -2.23. The van der Waals surface area contributed by atoms with Crippen LogP contribution in [0, 0.1) is 17.6 Å². The fraction of sp³-hybridized carbons (Fsp3) is 0.160. The molecular formula is C25H21F3N4O4. The molecule has 2 aromatic carbocycles. The van der Waals surface area contributed by atoms with Gasteiger partial charge < -0.3 is 25.3 Å². The molecule has 0 spiro atoms. The summed E-state index contributed by atoms with van der Waals surface area (Å²) in [6.45, 7) is 2.11. The van der Waals surface area contributed by atoms with Gasteiger partial charge in [0.1, 0.15) is 29.4 Å². The van der Waals surface area contributed by atoms with Crippen LogP contribution >= 0.6 is 0 Å². The maximum atomic E-state index is 14.8. The number of amides is 1. The molecule has 2 aromatic heterocycles. The molecule has 0 saturated carbocycles. The predicted octanol–water partition coefficient (Wildman–Crippen LogP) is 4.83. The smallest absolute Gasteiger partial charge is 0.264 e. The number of nitrogens with two attached hydrogens (primary N) is 1. The Balaban J connectivity index is 1.58. The van der Waals surface area contributed by atoms with E-state index in [0.29, 0.717) is 23.3 Å². The lowest BCUT2D eigenvalue weighted by atomic mass is 10.2. The minimum atomic E-state index is -1.09. The van der Waals surface area contributed by atoms with Gasteiger partial charge in [0, 0.05) is 47.7 Å². The number of aromatic nitrogens is 2. The van der Waals surface area contributed by atoms with Crippen LogP contribution < -0.4 is 25.3 Å². The molecule has 11 heteroatoms. The number of pyridine rings is 2. The zero-order valence-electron chi connectivity index (χ0n) is 19.2. The quantitative estimate of drug-likeness (QED) is 0.335. The first-order valence-corrected chi connectivity index (χ1v) is 10.7. The SMILES string of the molecule is COc1ccnc(F)c1C(=O)Nc1cc(F)c(Oc2ccnc3cc(OC[C@H](C)N)ccc23)c(F)c1. The van der Waals surface area contributed by atoms with Crippen molar-refractivity contribution in [1.29, 1.82) is 0 Å². The molecule has 1 amide bonds. The van der Waals surface area contributed by atoms with Gasteiger partial charge in [0.25, 0.3) is 5.91 Å². The molecule has 186 valence electrons. The van der Waals surface area contributed by atoms with E-state index in [1.54, 1.807) is 25.1 Å². The molecule has 36 heavy (non-hydrogen) atoms. The van der Waals surface area contributed by atoms with Gasteiger partial charge in [-0.15, -0.1) is 0 Å². The van der Waals surface area contributed by atoms with Gasteiger partial charge in [-0.05, 0) is 31.2 Å². The van der Waals surface area contributed by atoms with Crippen LogP contribution in [0.1, 0.15) is 17.3 Å². The monoisotopic (exact) mass is 498 g/mol. The summed E-state index contributed by atoms with van der Waals surface area (Å²) in [6, 6.07) is 9.24. The standard InChI is InChI=1S/C25H21F3N4O4/c1-13(29)12-35-15-3-4-16-19(11-15)30-7-5-20(16)36-23-17(26)9-14(10-18(23)27)32-25(33)22-21(34-2)6-8-31-24(22)28/h3-11,13H,12,29H2,1-2H3,(H,32,33)/t13-/m0/s1.